The van der Waals surface area contributed by atoms with Crippen molar-refractivity contribution in [3.8, 4) is 0 Å². The van der Waals surface area contributed by atoms with Crippen molar-refractivity contribution in [1.29, 1.82) is 0 Å². The summed E-state index contributed by atoms with van der Waals surface area (Å²) in [6, 6.07) is 1.79. The second kappa shape index (κ2) is 9.50. The van der Waals surface area contributed by atoms with E-state index in [0.29, 0.717) is 17.6 Å². The van der Waals surface area contributed by atoms with Gasteiger partial charge >= 0.3 is 0 Å². The summed E-state index contributed by atoms with van der Waals surface area (Å²) in [6.07, 6.45) is 4.96. The summed E-state index contributed by atoms with van der Waals surface area (Å²) in [6.45, 7) is 4.17. The van der Waals surface area contributed by atoms with Gasteiger partial charge in [-0.15, -0.1) is 0 Å². The Labute approximate surface area is 141 Å². The van der Waals surface area contributed by atoms with Crippen LogP contribution in [0.2, 0.25) is 0 Å². The first kappa shape index (κ1) is 17.7. The maximum absolute atomic E-state index is 11.9. The van der Waals surface area contributed by atoms with Gasteiger partial charge in [-0.3, -0.25) is 9.79 Å². The summed E-state index contributed by atoms with van der Waals surface area (Å²) in [5.74, 6) is 2.33. The van der Waals surface area contributed by atoms with Gasteiger partial charge in [-0.25, -0.2) is 0 Å². The number of hydrogen-bond acceptors (Lipinski definition) is 4. The first-order chi connectivity index (χ1) is 11.2. The van der Waals surface area contributed by atoms with Gasteiger partial charge in [0.1, 0.15) is 0 Å². The maximum Gasteiger partial charge on any atom is 0.287 e. The lowest BCUT2D eigenvalue weighted by atomic mass is 10.2. The number of guanidine groups is 1. The van der Waals surface area contributed by atoms with Gasteiger partial charge in [0.25, 0.3) is 5.91 Å². The summed E-state index contributed by atoms with van der Waals surface area (Å²) >= 11 is 2.03. The molecule has 0 radical (unpaired) electrons. The van der Waals surface area contributed by atoms with E-state index >= 15 is 0 Å². The number of aryl methyl sites for hydroxylation is 1. The van der Waals surface area contributed by atoms with Crippen LogP contribution in [0.25, 0.3) is 0 Å². The fourth-order valence-electron chi connectivity index (χ4n) is 2.42. The first-order valence-electron chi connectivity index (χ1n) is 8.09. The predicted octanol–water partition coefficient (Wildman–Crippen LogP) is 1.77. The molecule has 1 aromatic heterocycles. The molecule has 1 atom stereocenters. The monoisotopic (exact) mass is 338 g/mol. The molecule has 0 aliphatic carbocycles. The Morgan fingerprint density at radius 2 is 2.22 bits per heavy atom. The van der Waals surface area contributed by atoms with E-state index in [1.807, 2.05) is 18.7 Å². The SMILES string of the molecule is CN=C(NCCCNC(=O)c1occc1C)NCC1CCCS1. The molecule has 2 rings (SSSR count). The minimum Gasteiger partial charge on any atom is -0.459 e. The van der Waals surface area contributed by atoms with Gasteiger partial charge in [0.2, 0.25) is 0 Å². The zero-order chi connectivity index (χ0) is 16.5. The van der Waals surface area contributed by atoms with Crippen LogP contribution in [-0.2, 0) is 0 Å². The van der Waals surface area contributed by atoms with Gasteiger partial charge in [-0.05, 0) is 38.0 Å². The van der Waals surface area contributed by atoms with Crippen LogP contribution in [0.5, 0.6) is 0 Å². The number of aliphatic imine (C=N–C) groups is 1. The molecule has 0 bridgehead atoms. The van der Waals surface area contributed by atoms with Crippen molar-refractivity contribution < 1.29 is 9.21 Å². The topological polar surface area (TPSA) is 78.7 Å². The molecule has 7 heteroatoms. The quantitative estimate of drug-likeness (QED) is 0.401. The second-order valence-electron chi connectivity index (χ2n) is 5.56. The molecule has 3 N–H and O–H groups in total. The minimum absolute atomic E-state index is 0.159. The molecule has 128 valence electrons. The van der Waals surface area contributed by atoms with Crippen LogP contribution in [0.3, 0.4) is 0 Å². The summed E-state index contributed by atoms with van der Waals surface area (Å²) in [5.41, 5.74) is 0.856. The molecule has 23 heavy (non-hydrogen) atoms. The van der Waals surface area contributed by atoms with E-state index in [1.165, 1.54) is 24.9 Å². The van der Waals surface area contributed by atoms with E-state index < -0.39 is 0 Å². The number of hydrogen-bond donors (Lipinski definition) is 3. The Morgan fingerprint density at radius 3 is 2.87 bits per heavy atom. The van der Waals surface area contributed by atoms with Crippen LogP contribution in [0.1, 0.15) is 35.4 Å². The molecule has 2 heterocycles. The van der Waals surface area contributed by atoms with Crippen LogP contribution in [0.4, 0.5) is 0 Å². The van der Waals surface area contributed by atoms with E-state index in [1.54, 1.807) is 13.1 Å². The van der Waals surface area contributed by atoms with E-state index in [0.717, 1.165) is 31.0 Å². The summed E-state index contributed by atoms with van der Waals surface area (Å²) in [7, 11) is 1.78. The number of thioether (sulfide) groups is 1. The van der Waals surface area contributed by atoms with Gasteiger partial charge in [-0.1, -0.05) is 0 Å². The van der Waals surface area contributed by atoms with E-state index in [2.05, 4.69) is 20.9 Å². The first-order valence-corrected chi connectivity index (χ1v) is 9.14. The molecule has 1 fully saturated rings. The van der Waals surface area contributed by atoms with Gasteiger partial charge < -0.3 is 20.4 Å². The van der Waals surface area contributed by atoms with Crippen molar-refractivity contribution in [3.63, 3.8) is 0 Å². The lowest BCUT2D eigenvalue weighted by Crippen LogP contribution is -2.41. The average Bonchev–Trinajstić information content (AvgIpc) is 3.21. The van der Waals surface area contributed by atoms with Crippen molar-refractivity contribution >= 4 is 23.6 Å². The second-order valence-corrected chi connectivity index (χ2v) is 6.97. The number of carbonyl (C=O) groups excluding carboxylic acids is 1. The van der Waals surface area contributed by atoms with Crippen LogP contribution in [0, 0.1) is 6.92 Å². The Bertz CT molecular complexity index is 524. The van der Waals surface area contributed by atoms with Crippen LogP contribution < -0.4 is 16.0 Å². The third kappa shape index (κ3) is 5.82. The predicted molar refractivity (Wildman–Crippen MR) is 95.2 cm³/mol. The fraction of sp³-hybridized carbons (Fsp3) is 0.625. The molecule has 6 nitrogen and oxygen atoms in total. The van der Waals surface area contributed by atoms with Gasteiger partial charge in [0.15, 0.2) is 11.7 Å². The summed E-state index contributed by atoms with van der Waals surface area (Å²) in [5, 5.41) is 10.2. The zero-order valence-corrected chi connectivity index (χ0v) is 14.7. The van der Waals surface area contributed by atoms with Crippen LogP contribution in [0.15, 0.2) is 21.7 Å². The van der Waals surface area contributed by atoms with E-state index in [-0.39, 0.29) is 5.91 Å². The Morgan fingerprint density at radius 1 is 1.39 bits per heavy atom. The van der Waals surface area contributed by atoms with Crippen LogP contribution in [-0.4, -0.2) is 49.6 Å². The summed E-state index contributed by atoms with van der Waals surface area (Å²) < 4.78 is 5.16. The maximum atomic E-state index is 11.9. The van der Waals surface area contributed by atoms with E-state index in [4.69, 9.17) is 4.42 Å². The molecule has 1 unspecified atom stereocenters. The Hall–Kier alpha value is -1.63. The van der Waals surface area contributed by atoms with Crippen molar-refractivity contribution in [2.45, 2.75) is 31.4 Å². The van der Waals surface area contributed by atoms with Gasteiger partial charge in [0.05, 0.1) is 6.26 Å². The number of furan rings is 1. The van der Waals surface area contributed by atoms with Crippen molar-refractivity contribution in [3.05, 3.63) is 23.7 Å². The van der Waals surface area contributed by atoms with Crippen molar-refractivity contribution in [1.82, 2.24) is 16.0 Å². The van der Waals surface area contributed by atoms with E-state index in [9.17, 15) is 4.79 Å². The highest BCUT2D eigenvalue weighted by Gasteiger charge is 2.15. The van der Waals surface area contributed by atoms with Gasteiger partial charge in [0, 0.05) is 37.5 Å². The third-order valence-electron chi connectivity index (χ3n) is 3.74. The molecule has 1 saturated heterocycles. The van der Waals surface area contributed by atoms with Crippen LogP contribution >= 0.6 is 11.8 Å². The average molecular weight is 338 g/mol. The molecule has 1 aliphatic rings. The Kier molecular flexibility index (Phi) is 7.32. The van der Waals surface area contributed by atoms with Crippen molar-refractivity contribution in [2.75, 3.05) is 32.4 Å². The highest BCUT2D eigenvalue weighted by Crippen LogP contribution is 2.25. The number of nitrogens with zero attached hydrogens (tertiary/aromatic N) is 1. The molecular weight excluding hydrogens is 312 g/mol. The zero-order valence-electron chi connectivity index (χ0n) is 13.9. The molecule has 1 aliphatic heterocycles. The highest BCUT2D eigenvalue weighted by molar-refractivity contribution is 8.00. The number of carbonyl (C=O) groups is 1. The minimum atomic E-state index is -0.159. The number of amides is 1. The fourth-order valence-corrected chi connectivity index (χ4v) is 3.62. The smallest absolute Gasteiger partial charge is 0.287 e. The molecule has 1 aromatic rings. The number of rotatable bonds is 7. The standard InChI is InChI=1S/C16H26N4O2S/c1-12-6-9-22-14(12)15(21)18-7-4-8-19-16(17-2)20-11-13-5-3-10-23-13/h6,9,13H,3-5,7-8,10-11H2,1-2H3,(H,18,21)(H2,17,19,20). The number of nitrogens with one attached hydrogen (secondary N) is 3. The molecule has 0 aromatic carbocycles. The lowest BCUT2D eigenvalue weighted by Gasteiger charge is -2.14. The lowest BCUT2D eigenvalue weighted by molar-refractivity contribution is 0.0925. The largest absolute Gasteiger partial charge is 0.459 e. The third-order valence-corrected chi connectivity index (χ3v) is 5.14. The Balaban J connectivity index is 1.56. The summed E-state index contributed by atoms with van der Waals surface area (Å²) in [4.78, 5) is 16.1. The molecular formula is C16H26N4O2S. The van der Waals surface area contributed by atoms with Crippen molar-refractivity contribution in [2.24, 2.45) is 4.99 Å². The highest BCUT2D eigenvalue weighted by atomic mass is 32.2. The normalized spacial score (nSPS) is 18.0. The molecule has 0 spiro atoms. The van der Waals surface area contributed by atoms with Gasteiger partial charge in [-0.2, -0.15) is 11.8 Å². The molecule has 0 saturated carbocycles. The molecule has 1 amide bonds.